The van der Waals surface area contributed by atoms with E-state index >= 15 is 0 Å². The topological polar surface area (TPSA) is 90.7 Å². The van der Waals surface area contributed by atoms with Gasteiger partial charge < -0.3 is 19.2 Å². The molecule has 0 aliphatic rings. The summed E-state index contributed by atoms with van der Waals surface area (Å²) in [4.78, 5) is 29.1. The van der Waals surface area contributed by atoms with Crippen LogP contribution in [-0.2, 0) is 11.3 Å². The SMILES string of the molecule is COc1ccc(C(=O)c2oc3cc(-c4cccc(CNC(C)=O)n4)ccc3c2C)c(OC)c1. The second-order valence-electron chi connectivity index (χ2n) is 7.59. The van der Waals surface area contributed by atoms with Crippen LogP contribution >= 0.6 is 0 Å². The Balaban J connectivity index is 1.70. The van der Waals surface area contributed by atoms with E-state index in [1.54, 1.807) is 25.3 Å². The maximum Gasteiger partial charge on any atom is 0.232 e. The highest BCUT2D eigenvalue weighted by molar-refractivity contribution is 6.12. The Hall–Kier alpha value is -4.13. The number of hydrogen-bond donors (Lipinski definition) is 1. The van der Waals surface area contributed by atoms with Crippen molar-refractivity contribution < 1.29 is 23.5 Å². The summed E-state index contributed by atoms with van der Waals surface area (Å²) in [6, 6.07) is 16.4. The number of nitrogens with one attached hydrogen (secondary N) is 1. The molecular formula is C26H24N2O5. The van der Waals surface area contributed by atoms with E-state index in [9.17, 15) is 9.59 Å². The van der Waals surface area contributed by atoms with E-state index in [0.29, 0.717) is 29.2 Å². The molecule has 2 heterocycles. The maximum absolute atomic E-state index is 13.3. The van der Waals surface area contributed by atoms with Gasteiger partial charge in [-0.3, -0.25) is 14.6 Å². The number of carbonyl (C=O) groups is 2. The van der Waals surface area contributed by atoms with Gasteiger partial charge in [-0.15, -0.1) is 0 Å². The number of ketones is 1. The number of rotatable bonds is 7. The van der Waals surface area contributed by atoms with Crippen molar-refractivity contribution >= 4 is 22.7 Å². The van der Waals surface area contributed by atoms with E-state index in [1.807, 2.05) is 43.3 Å². The summed E-state index contributed by atoms with van der Waals surface area (Å²) in [5, 5.41) is 3.60. The molecule has 2 aromatic carbocycles. The Bertz CT molecular complexity index is 1360. The summed E-state index contributed by atoms with van der Waals surface area (Å²) in [6.45, 7) is 3.69. The molecule has 0 aliphatic carbocycles. The van der Waals surface area contributed by atoms with Crippen LogP contribution in [0.25, 0.3) is 22.2 Å². The van der Waals surface area contributed by atoms with Crippen molar-refractivity contribution in [3.63, 3.8) is 0 Å². The van der Waals surface area contributed by atoms with Gasteiger partial charge in [-0.2, -0.15) is 0 Å². The van der Waals surface area contributed by atoms with Crippen molar-refractivity contribution in [2.75, 3.05) is 14.2 Å². The van der Waals surface area contributed by atoms with Gasteiger partial charge in [0.05, 0.1) is 37.7 Å². The summed E-state index contributed by atoms with van der Waals surface area (Å²) < 4.78 is 16.6. The standard InChI is InChI=1S/C26H24N2O5/c1-15-20-10-8-17(22-7-5-6-18(28-22)14-27-16(2)29)12-24(20)33-26(15)25(30)21-11-9-19(31-3)13-23(21)32-4/h5-13H,14H2,1-4H3,(H,27,29). The normalized spacial score (nSPS) is 10.8. The van der Waals surface area contributed by atoms with Crippen LogP contribution in [0.3, 0.4) is 0 Å². The molecule has 2 aromatic heterocycles. The molecule has 0 aliphatic heterocycles. The van der Waals surface area contributed by atoms with E-state index in [-0.39, 0.29) is 17.5 Å². The molecule has 0 spiro atoms. The molecule has 0 saturated carbocycles. The molecule has 7 nitrogen and oxygen atoms in total. The van der Waals surface area contributed by atoms with Crippen LogP contribution in [0.5, 0.6) is 11.5 Å². The largest absolute Gasteiger partial charge is 0.497 e. The van der Waals surface area contributed by atoms with Gasteiger partial charge in [-0.05, 0) is 37.3 Å². The van der Waals surface area contributed by atoms with Crippen LogP contribution < -0.4 is 14.8 Å². The number of fused-ring (bicyclic) bond motifs is 1. The van der Waals surface area contributed by atoms with Gasteiger partial charge in [0.2, 0.25) is 11.7 Å². The fraction of sp³-hybridized carbons (Fsp3) is 0.192. The molecular weight excluding hydrogens is 420 g/mol. The Kier molecular flexibility index (Phi) is 6.13. The Morgan fingerprint density at radius 1 is 1.03 bits per heavy atom. The van der Waals surface area contributed by atoms with Crippen molar-refractivity contribution in [3.05, 3.63) is 77.2 Å². The molecule has 0 unspecified atom stereocenters. The molecule has 1 amide bonds. The Morgan fingerprint density at radius 3 is 2.58 bits per heavy atom. The molecule has 4 rings (SSSR count). The number of aromatic nitrogens is 1. The predicted octanol–water partition coefficient (Wildman–Crippen LogP) is 4.69. The lowest BCUT2D eigenvalue weighted by atomic mass is 10.0. The Labute approximate surface area is 191 Å². The molecule has 1 N–H and O–H groups in total. The van der Waals surface area contributed by atoms with Gasteiger partial charge in [-0.1, -0.05) is 18.2 Å². The van der Waals surface area contributed by atoms with Gasteiger partial charge in [0, 0.05) is 29.5 Å². The van der Waals surface area contributed by atoms with E-state index in [1.165, 1.54) is 14.0 Å². The van der Waals surface area contributed by atoms with E-state index in [0.717, 1.165) is 27.9 Å². The van der Waals surface area contributed by atoms with Crippen molar-refractivity contribution in [3.8, 4) is 22.8 Å². The highest BCUT2D eigenvalue weighted by Gasteiger charge is 2.23. The number of methoxy groups -OCH3 is 2. The predicted molar refractivity (Wildman–Crippen MR) is 125 cm³/mol. The molecule has 4 aromatic rings. The zero-order chi connectivity index (χ0) is 23.5. The first-order chi connectivity index (χ1) is 15.9. The summed E-state index contributed by atoms with van der Waals surface area (Å²) in [5.74, 6) is 0.904. The minimum atomic E-state index is -0.264. The second kappa shape index (κ2) is 9.16. The van der Waals surface area contributed by atoms with Crippen molar-refractivity contribution in [1.82, 2.24) is 10.3 Å². The average molecular weight is 444 g/mol. The number of benzene rings is 2. The third kappa shape index (κ3) is 4.43. The number of aryl methyl sites for hydroxylation is 1. The van der Waals surface area contributed by atoms with E-state index < -0.39 is 0 Å². The smallest absolute Gasteiger partial charge is 0.232 e. The molecule has 7 heteroatoms. The minimum Gasteiger partial charge on any atom is -0.497 e. The van der Waals surface area contributed by atoms with Gasteiger partial charge in [0.25, 0.3) is 0 Å². The third-order valence-electron chi connectivity index (χ3n) is 5.42. The number of amides is 1. The fourth-order valence-corrected chi connectivity index (χ4v) is 3.66. The van der Waals surface area contributed by atoms with Crippen molar-refractivity contribution in [1.29, 1.82) is 0 Å². The molecule has 0 fully saturated rings. The number of pyridine rings is 1. The lowest BCUT2D eigenvalue weighted by Crippen LogP contribution is -2.19. The number of carbonyl (C=O) groups excluding carboxylic acids is 2. The summed E-state index contributed by atoms with van der Waals surface area (Å²) in [6.07, 6.45) is 0. The first-order valence-corrected chi connectivity index (χ1v) is 10.4. The van der Waals surface area contributed by atoms with Crippen LogP contribution in [0, 0.1) is 6.92 Å². The first-order valence-electron chi connectivity index (χ1n) is 10.4. The first kappa shape index (κ1) is 22.1. The third-order valence-corrected chi connectivity index (χ3v) is 5.42. The van der Waals surface area contributed by atoms with Crippen LogP contribution in [0.4, 0.5) is 0 Å². The second-order valence-corrected chi connectivity index (χ2v) is 7.59. The lowest BCUT2D eigenvalue weighted by molar-refractivity contribution is -0.119. The van der Waals surface area contributed by atoms with Crippen molar-refractivity contribution in [2.24, 2.45) is 0 Å². The van der Waals surface area contributed by atoms with E-state index in [2.05, 4.69) is 10.3 Å². The highest BCUT2D eigenvalue weighted by atomic mass is 16.5. The molecule has 33 heavy (non-hydrogen) atoms. The van der Waals surface area contributed by atoms with Crippen LogP contribution in [0.2, 0.25) is 0 Å². The van der Waals surface area contributed by atoms with Crippen LogP contribution in [0.15, 0.2) is 59.0 Å². The molecule has 168 valence electrons. The molecule has 0 bridgehead atoms. The number of ether oxygens (including phenoxy) is 2. The Morgan fingerprint density at radius 2 is 1.85 bits per heavy atom. The van der Waals surface area contributed by atoms with Gasteiger partial charge >= 0.3 is 0 Å². The summed E-state index contributed by atoms with van der Waals surface area (Å²) >= 11 is 0. The number of hydrogen-bond acceptors (Lipinski definition) is 6. The average Bonchev–Trinajstić information content (AvgIpc) is 3.17. The lowest BCUT2D eigenvalue weighted by Gasteiger charge is -2.08. The minimum absolute atomic E-state index is 0.111. The molecule has 0 radical (unpaired) electrons. The maximum atomic E-state index is 13.3. The van der Waals surface area contributed by atoms with Gasteiger partial charge in [0.15, 0.2) is 5.76 Å². The molecule has 0 saturated heterocycles. The highest BCUT2D eigenvalue weighted by Crippen LogP contribution is 2.33. The quantitative estimate of drug-likeness (QED) is 0.416. The van der Waals surface area contributed by atoms with Crippen LogP contribution in [0.1, 0.15) is 34.3 Å². The monoisotopic (exact) mass is 444 g/mol. The number of nitrogens with zero attached hydrogens (tertiary/aromatic N) is 1. The number of furan rings is 1. The zero-order valence-corrected chi connectivity index (χ0v) is 18.9. The summed E-state index contributed by atoms with van der Waals surface area (Å²) in [7, 11) is 3.07. The fourth-order valence-electron chi connectivity index (χ4n) is 3.66. The van der Waals surface area contributed by atoms with Crippen molar-refractivity contribution in [2.45, 2.75) is 20.4 Å². The zero-order valence-electron chi connectivity index (χ0n) is 18.9. The van der Waals surface area contributed by atoms with Gasteiger partial charge in [0.1, 0.15) is 17.1 Å². The summed E-state index contributed by atoms with van der Waals surface area (Å²) in [5.41, 5.74) is 4.09. The van der Waals surface area contributed by atoms with Gasteiger partial charge in [-0.25, -0.2) is 0 Å². The molecule has 0 atom stereocenters. The van der Waals surface area contributed by atoms with E-state index in [4.69, 9.17) is 13.9 Å². The van der Waals surface area contributed by atoms with Crippen LogP contribution in [-0.4, -0.2) is 30.9 Å².